The van der Waals surface area contributed by atoms with Crippen LogP contribution < -0.4 is 10.1 Å². The summed E-state index contributed by atoms with van der Waals surface area (Å²) in [5, 5.41) is 3.27. The molecule has 0 amide bonds. The molecule has 5 heteroatoms. The summed E-state index contributed by atoms with van der Waals surface area (Å²) < 4.78 is 11.9. The van der Waals surface area contributed by atoms with Crippen molar-refractivity contribution in [2.45, 2.75) is 70.7 Å². The lowest BCUT2D eigenvalue weighted by atomic mass is 10.0. The summed E-state index contributed by atoms with van der Waals surface area (Å²) in [5.74, 6) is 3.03. The second kappa shape index (κ2) is 6.18. The van der Waals surface area contributed by atoms with Gasteiger partial charge in [-0.2, -0.15) is 4.98 Å². The van der Waals surface area contributed by atoms with E-state index in [-0.39, 0.29) is 18.3 Å². The van der Waals surface area contributed by atoms with Gasteiger partial charge < -0.3 is 14.8 Å². The second-order valence-electron chi connectivity index (χ2n) is 6.22. The van der Waals surface area contributed by atoms with Crippen LogP contribution in [0.1, 0.15) is 58.2 Å². The molecule has 2 aliphatic rings. The lowest BCUT2D eigenvalue weighted by molar-refractivity contribution is -0.0730. The highest BCUT2D eigenvalue weighted by Crippen LogP contribution is 2.39. The van der Waals surface area contributed by atoms with Crippen LogP contribution in [0.3, 0.4) is 0 Å². The van der Waals surface area contributed by atoms with Crippen molar-refractivity contribution in [3.8, 4) is 5.88 Å². The average Bonchev–Trinajstić information content (AvgIpc) is 3.21. The number of hydrogen-bond acceptors (Lipinski definition) is 5. The lowest BCUT2D eigenvalue weighted by Crippen LogP contribution is -2.35. The Morgan fingerprint density at radius 1 is 1.24 bits per heavy atom. The normalized spacial score (nSPS) is 29.2. The van der Waals surface area contributed by atoms with Crippen LogP contribution in [0.5, 0.6) is 5.88 Å². The number of ether oxygens (including phenoxy) is 2. The van der Waals surface area contributed by atoms with Crippen LogP contribution >= 0.6 is 0 Å². The first kappa shape index (κ1) is 14.6. The SMILES string of the molecule is CCNc1cc(OC2CC(C)OC(C)C2)nc(C2CC2)n1. The van der Waals surface area contributed by atoms with E-state index in [1.165, 1.54) is 12.8 Å². The molecule has 3 rings (SSSR count). The molecule has 0 radical (unpaired) electrons. The van der Waals surface area contributed by atoms with Crippen molar-refractivity contribution < 1.29 is 9.47 Å². The van der Waals surface area contributed by atoms with Gasteiger partial charge in [0.05, 0.1) is 12.2 Å². The molecule has 21 heavy (non-hydrogen) atoms. The molecule has 1 aliphatic heterocycles. The summed E-state index contributed by atoms with van der Waals surface area (Å²) in [7, 11) is 0. The summed E-state index contributed by atoms with van der Waals surface area (Å²) in [6, 6.07) is 1.92. The standard InChI is InChI=1S/C16H25N3O2/c1-4-17-14-9-15(19-16(18-14)12-5-6-12)21-13-7-10(2)20-11(3)8-13/h9-13H,4-8H2,1-3H3,(H,17,18,19). The van der Waals surface area contributed by atoms with Crippen molar-refractivity contribution in [3.05, 3.63) is 11.9 Å². The van der Waals surface area contributed by atoms with E-state index in [0.717, 1.165) is 31.0 Å². The van der Waals surface area contributed by atoms with Crippen LogP contribution in [0.4, 0.5) is 5.82 Å². The second-order valence-corrected chi connectivity index (χ2v) is 6.22. The molecule has 5 nitrogen and oxygen atoms in total. The van der Waals surface area contributed by atoms with Gasteiger partial charge in [0, 0.05) is 31.4 Å². The largest absolute Gasteiger partial charge is 0.474 e. The van der Waals surface area contributed by atoms with Gasteiger partial charge in [-0.15, -0.1) is 0 Å². The van der Waals surface area contributed by atoms with Gasteiger partial charge in [-0.3, -0.25) is 0 Å². The molecule has 2 unspecified atom stereocenters. The van der Waals surface area contributed by atoms with Gasteiger partial charge >= 0.3 is 0 Å². The number of aromatic nitrogens is 2. The molecule has 1 aromatic rings. The van der Waals surface area contributed by atoms with Crippen LogP contribution in [-0.2, 0) is 4.74 Å². The Hall–Kier alpha value is -1.36. The number of hydrogen-bond donors (Lipinski definition) is 1. The van der Waals surface area contributed by atoms with Crippen LogP contribution in [0.25, 0.3) is 0 Å². The van der Waals surface area contributed by atoms with Crippen LogP contribution in [-0.4, -0.2) is 34.8 Å². The first-order chi connectivity index (χ1) is 10.1. The first-order valence-electron chi connectivity index (χ1n) is 8.09. The van der Waals surface area contributed by atoms with E-state index in [1.54, 1.807) is 0 Å². The average molecular weight is 291 g/mol. The van der Waals surface area contributed by atoms with Crippen LogP contribution in [0.15, 0.2) is 6.07 Å². The van der Waals surface area contributed by atoms with E-state index < -0.39 is 0 Å². The fourth-order valence-electron chi connectivity index (χ4n) is 2.91. The maximum absolute atomic E-state index is 6.13. The summed E-state index contributed by atoms with van der Waals surface area (Å²) >= 11 is 0. The molecule has 116 valence electrons. The number of nitrogens with zero attached hydrogens (tertiary/aromatic N) is 2. The monoisotopic (exact) mass is 291 g/mol. The minimum Gasteiger partial charge on any atom is -0.474 e. The van der Waals surface area contributed by atoms with Gasteiger partial charge in [-0.1, -0.05) is 0 Å². The van der Waals surface area contributed by atoms with E-state index in [2.05, 4.69) is 36.1 Å². The maximum atomic E-state index is 6.13. The highest BCUT2D eigenvalue weighted by molar-refractivity contribution is 5.39. The molecule has 1 saturated heterocycles. The number of anilines is 1. The van der Waals surface area contributed by atoms with Crippen molar-refractivity contribution in [2.24, 2.45) is 0 Å². The molecule has 2 heterocycles. The molecule has 0 bridgehead atoms. The summed E-state index contributed by atoms with van der Waals surface area (Å²) in [5.41, 5.74) is 0. The topological polar surface area (TPSA) is 56.3 Å². The molecular weight excluding hydrogens is 266 g/mol. The van der Waals surface area contributed by atoms with Crippen molar-refractivity contribution in [1.29, 1.82) is 0 Å². The van der Waals surface area contributed by atoms with E-state index in [4.69, 9.17) is 9.47 Å². The Morgan fingerprint density at radius 3 is 2.57 bits per heavy atom. The predicted octanol–water partition coefficient (Wildman–Crippen LogP) is 3.12. The zero-order valence-corrected chi connectivity index (χ0v) is 13.1. The molecule has 0 spiro atoms. The van der Waals surface area contributed by atoms with Crippen molar-refractivity contribution in [1.82, 2.24) is 9.97 Å². The Morgan fingerprint density at radius 2 is 1.95 bits per heavy atom. The maximum Gasteiger partial charge on any atom is 0.219 e. The van der Waals surface area contributed by atoms with Crippen molar-refractivity contribution in [2.75, 3.05) is 11.9 Å². The Bertz CT molecular complexity index is 480. The molecule has 1 saturated carbocycles. The van der Waals surface area contributed by atoms with Crippen LogP contribution in [0, 0.1) is 0 Å². The molecule has 1 N–H and O–H groups in total. The van der Waals surface area contributed by atoms with Gasteiger partial charge in [0.25, 0.3) is 0 Å². The smallest absolute Gasteiger partial charge is 0.219 e. The predicted molar refractivity (Wildman–Crippen MR) is 81.8 cm³/mol. The van der Waals surface area contributed by atoms with Gasteiger partial charge in [0.1, 0.15) is 17.7 Å². The van der Waals surface area contributed by atoms with E-state index in [0.29, 0.717) is 11.8 Å². The van der Waals surface area contributed by atoms with E-state index >= 15 is 0 Å². The lowest BCUT2D eigenvalue weighted by Gasteiger charge is -2.32. The van der Waals surface area contributed by atoms with Gasteiger partial charge in [-0.25, -0.2) is 4.98 Å². The zero-order chi connectivity index (χ0) is 14.8. The third-order valence-electron chi connectivity index (χ3n) is 3.96. The fraction of sp³-hybridized carbons (Fsp3) is 0.750. The molecule has 2 atom stereocenters. The quantitative estimate of drug-likeness (QED) is 0.903. The van der Waals surface area contributed by atoms with Crippen molar-refractivity contribution >= 4 is 5.82 Å². The van der Waals surface area contributed by atoms with Crippen molar-refractivity contribution in [3.63, 3.8) is 0 Å². The minimum absolute atomic E-state index is 0.181. The minimum atomic E-state index is 0.181. The Labute approximate surface area is 126 Å². The van der Waals surface area contributed by atoms with E-state index in [9.17, 15) is 0 Å². The van der Waals surface area contributed by atoms with Gasteiger partial charge in [0.15, 0.2) is 0 Å². The Balaban J connectivity index is 1.74. The zero-order valence-electron chi connectivity index (χ0n) is 13.1. The fourth-order valence-corrected chi connectivity index (χ4v) is 2.91. The molecule has 0 aromatic carbocycles. The molecule has 1 aromatic heterocycles. The first-order valence-corrected chi connectivity index (χ1v) is 8.09. The highest BCUT2D eigenvalue weighted by Gasteiger charge is 2.29. The third-order valence-corrected chi connectivity index (χ3v) is 3.96. The van der Waals surface area contributed by atoms with Crippen LogP contribution in [0.2, 0.25) is 0 Å². The number of rotatable bonds is 5. The molecule has 2 fully saturated rings. The third kappa shape index (κ3) is 3.84. The summed E-state index contributed by atoms with van der Waals surface area (Å²) in [4.78, 5) is 9.19. The van der Waals surface area contributed by atoms with E-state index in [1.807, 2.05) is 6.07 Å². The molecular formula is C16H25N3O2. The summed E-state index contributed by atoms with van der Waals surface area (Å²) in [6.07, 6.45) is 4.90. The Kier molecular flexibility index (Phi) is 4.29. The number of nitrogens with one attached hydrogen (secondary N) is 1. The molecule has 1 aliphatic carbocycles. The van der Waals surface area contributed by atoms with Gasteiger partial charge in [0.2, 0.25) is 5.88 Å². The van der Waals surface area contributed by atoms with Gasteiger partial charge in [-0.05, 0) is 33.6 Å². The summed E-state index contributed by atoms with van der Waals surface area (Å²) in [6.45, 7) is 7.13. The highest BCUT2D eigenvalue weighted by atomic mass is 16.5.